The number of nitrogens with zero attached hydrogens (tertiary/aromatic N) is 2. The van der Waals surface area contributed by atoms with E-state index in [9.17, 15) is 8.42 Å². The summed E-state index contributed by atoms with van der Waals surface area (Å²) < 4.78 is 33.0. The van der Waals surface area contributed by atoms with Gasteiger partial charge in [0.1, 0.15) is 11.5 Å². The monoisotopic (exact) mass is 479 g/mol. The van der Waals surface area contributed by atoms with Crippen LogP contribution < -0.4 is 10.5 Å². The summed E-state index contributed by atoms with van der Waals surface area (Å²) in [6.07, 6.45) is 2.13. The molecule has 7 nitrogen and oxygen atoms in total. The number of aromatic nitrogens is 2. The zero-order valence-corrected chi connectivity index (χ0v) is 20.3. The smallest absolute Gasteiger partial charge is 0.178 e. The quantitative estimate of drug-likeness (QED) is 0.393. The van der Waals surface area contributed by atoms with Gasteiger partial charge >= 0.3 is 0 Å². The molecule has 34 heavy (non-hydrogen) atoms. The lowest BCUT2D eigenvalue weighted by atomic mass is 9.89. The zero-order valence-electron chi connectivity index (χ0n) is 19.5. The van der Waals surface area contributed by atoms with E-state index in [2.05, 4.69) is 20.8 Å². The van der Waals surface area contributed by atoms with Crippen LogP contribution in [0.15, 0.2) is 71.8 Å². The van der Waals surface area contributed by atoms with Crippen molar-refractivity contribution in [3.63, 3.8) is 0 Å². The van der Waals surface area contributed by atoms with Gasteiger partial charge in [-0.1, -0.05) is 39.0 Å². The Morgan fingerprint density at radius 2 is 1.74 bits per heavy atom. The second kappa shape index (κ2) is 9.12. The van der Waals surface area contributed by atoms with Crippen molar-refractivity contribution in [3.05, 3.63) is 72.6 Å². The van der Waals surface area contributed by atoms with Crippen molar-refractivity contribution in [1.82, 2.24) is 9.38 Å². The first-order valence-electron chi connectivity index (χ1n) is 11.1. The fourth-order valence-electron chi connectivity index (χ4n) is 3.83. The van der Waals surface area contributed by atoms with Crippen LogP contribution in [0.1, 0.15) is 32.9 Å². The lowest BCUT2D eigenvalue weighted by Crippen LogP contribution is -2.13. The molecule has 0 amide bonds. The Morgan fingerprint density at radius 3 is 2.44 bits per heavy atom. The minimum absolute atomic E-state index is 0.116. The molecule has 0 atom stereocenters. The predicted octanol–water partition coefficient (Wildman–Crippen LogP) is 4.83. The third-order valence-corrected chi connectivity index (χ3v) is 7.27. The van der Waals surface area contributed by atoms with E-state index in [0.717, 1.165) is 17.0 Å². The highest BCUT2D eigenvalue weighted by Crippen LogP contribution is 2.36. The van der Waals surface area contributed by atoms with E-state index in [1.54, 1.807) is 12.1 Å². The molecule has 0 aliphatic rings. The standard InChI is InChI=1S/C26H29N3O4S/c1-26(2,3)24-23(29-13-6-12-22(27)25(29)28-24)18-8-4-9-19(16-18)33-20-10-5-11-21(17-20)34(31,32)15-7-14-30/h4-6,8-13,16-17,30H,7,14-15,27H2,1-3H3. The number of hydrogen-bond acceptors (Lipinski definition) is 6. The van der Waals surface area contributed by atoms with Gasteiger partial charge in [-0.05, 0) is 48.9 Å². The Morgan fingerprint density at radius 1 is 1.03 bits per heavy atom. The summed E-state index contributed by atoms with van der Waals surface area (Å²) >= 11 is 0. The lowest BCUT2D eigenvalue weighted by molar-refractivity contribution is 0.295. The third kappa shape index (κ3) is 4.78. The Balaban J connectivity index is 1.73. The van der Waals surface area contributed by atoms with Gasteiger partial charge in [0.25, 0.3) is 0 Å². The van der Waals surface area contributed by atoms with Gasteiger partial charge in [-0.25, -0.2) is 13.4 Å². The number of hydrogen-bond donors (Lipinski definition) is 2. The van der Waals surface area contributed by atoms with Crippen molar-refractivity contribution in [2.45, 2.75) is 37.5 Å². The normalized spacial score (nSPS) is 12.2. The molecule has 0 unspecified atom stereocenters. The van der Waals surface area contributed by atoms with Gasteiger partial charge in [0, 0.05) is 23.8 Å². The minimum Gasteiger partial charge on any atom is -0.457 e. The first-order chi connectivity index (χ1) is 16.1. The van der Waals surface area contributed by atoms with Gasteiger partial charge < -0.3 is 15.6 Å². The van der Waals surface area contributed by atoms with E-state index in [1.165, 1.54) is 12.1 Å². The molecule has 0 radical (unpaired) electrons. The molecule has 0 bridgehead atoms. The van der Waals surface area contributed by atoms with Crippen molar-refractivity contribution in [1.29, 1.82) is 0 Å². The number of fused-ring (bicyclic) bond motifs is 1. The number of nitrogen functional groups attached to an aromatic ring is 1. The van der Waals surface area contributed by atoms with Crippen molar-refractivity contribution in [2.75, 3.05) is 18.1 Å². The Hall–Kier alpha value is -3.36. The number of aliphatic hydroxyl groups is 1. The Bertz CT molecular complexity index is 1440. The highest BCUT2D eigenvalue weighted by molar-refractivity contribution is 7.91. The van der Waals surface area contributed by atoms with E-state index in [0.29, 0.717) is 22.8 Å². The van der Waals surface area contributed by atoms with Crippen LogP contribution in [0, 0.1) is 0 Å². The SMILES string of the molecule is CC(C)(C)c1nc2c(N)cccn2c1-c1cccc(Oc2cccc(S(=O)(=O)CCCO)c2)c1. The summed E-state index contributed by atoms with van der Waals surface area (Å²) in [6, 6.07) is 17.8. The largest absolute Gasteiger partial charge is 0.457 e. The predicted molar refractivity (Wildman–Crippen MR) is 134 cm³/mol. The van der Waals surface area contributed by atoms with E-state index >= 15 is 0 Å². The molecule has 0 aliphatic carbocycles. The fraction of sp³-hybridized carbons (Fsp3) is 0.269. The molecule has 2 aromatic carbocycles. The fourth-order valence-corrected chi connectivity index (χ4v) is 5.16. The summed E-state index contributed by atoms with van der Waals surface area (Å²) in [4.78, 5) is 5.02. The summed E-state index contributed by atoms with van der Waals surface area (Å²) in [6.45, 7) is 6.15. The molecule has 0 aliphatic heterocycles. The molecule has 2 heterocycles. The maximum absolute atomic E-state index is 12.5. The Labute approximate surface area is 199 Å². The average Bonchev–Trinajstić information content (AvgIpc) is 3.20. The summed E-state index contributed by atoms with van der Waals surface area (Å²) in [5.74, 6) is 0.872. The van der Waals surface area contributed by atoms with E-state index in [-0.39, 0.29) is 29.1 Å². The number of sulfone groups is 1. The van der Waals surface area contributed by atoms with Gasteiger partial charge in [0.15, 0.2) is 15.5 Å². The van der Waals surface area contributed by atoms with Crippen LogP contribution in [0.3, 0.4) is 0 Å². The van der Waals surface area contributed by atoms with Crippen molar-refractivity contribution in [2.24, 2.45) is 0 Å². The molecule has 3 N–H and O–H groups in total. The summed E-state index contributed by atoms with van der Waals surface area (Å²) in [5.41, 5.74) is 10.0. The number of aliphatic hydroxyl groups excluding tert-OH is 1. The average molecular weight is 480 g/mol. The third-order valence-electron chi connectivity index (χ3n) is 5.47. The molecule has 0 spiro atoms. The van der Waals surface area contributed by atoms with Gasteiger partial charge in [0.2, 0.25) is 0 Å². The minimum atomic E-state index is -3.49. The Kier molecular flexibility index (Phi) is 6.38. The van der Waals surface area contributed by atoms with Crippen LogP contribution in [0.4, 0.5) is 5.69 Å². The highest BCUT2D eigenvalue weighted by atomic mass is 32.2. The van der Waals surface area contributed by atoms with Crippen molar-refractivity contribution >= 4 is 21.2 Å². The molecule has 8 heteroatoms. The number of ether oxygens (including phenoxy) is 1. The van der Waals surface area contributed by atoms with Crippen molar-refractivity contribution in [3.8, 4) is 22.8 Å². The number of benzene rings is 2. The van der Waals surface area contributed by atoms with Gasteiger partial charge in [0.05, 0.1) is 27.7 Å². The van der Waals surface area contributed by atoms with Crippen molar-refractivity contribution < 1.29 is 18.3 Å². The molecule has 2 aromatic heterocycles. The lowest BCUT2D eigenvalue weighted by Gasteiger charge is -2.18. The number of rotatable bonds is 7. The molecule has 178 valence electrons. The number of imidazole rings is 1. The molecule has 0 saturated carbocycles. The van der Waals surface area contributed by atoms with Gasteiger partial charge in [-0.2, -0.15) is 0 Å². The topological polar surface area (TPSA) is 107 Å². The van der Waals surface area contributed by atoms with E-state index in [1.807, 2.05) is 47.0 Å². The highest BCUT2D eigenvalue weighted by Gasteiger charge is 2.25. The van der Waals surface area contributed by atoms with Crippen LogP contribution in [-0.4, -0.2) is 35.3 Å². The van der Waals surface area contributed by atoms with E-state index in [4.69, 9.17) is 20.6 Å². The second-order valence-corrected chi connectivity index (χ2v) is 11.3. The molecule has 4 rings (SSSR count). The van der Waals surface area contributed by atoms with Gasteiger partial charge in [-0.3, -0.25) is 4.40 Å². The zero-order chi connectivity index (χ0) is 24.5. The van der Waals surface area contributed by atoms with E-state index < -0.39 is 9.84 Å². The molecule has 4 aromatic rings. The maximum Gasteiger partial charge on any atom is 0.178 e. The first-order valence-corrected chi connectivity index (χ1v) is 12.7. The molecular weight excluding hydrogens is 450 g/mol. The van der Waals surface area contributed by atoms with Crippen LogP contribution in [0.2, 0.25) is 0 Å². The molecular formula is C26H29N3O4S. The molecule has 0 fully saturated rings. The summed E-state index contributed by atoms with van der Waals surface area (Å²) in [5, 5.41) is 8.98. The second-order valence-electron chi connectivity index (χ2n) is 9.22. The van der Waals surface area contributed by atoms with Crippen LogP contribution in [-0.2, 0) is 15.3 Å². The number of pyridine rings is 1. The maximum atomic E-state index is 12.5. The number of nitrogens with two attached hydrogens (primary N) is 1. The van der Waals surface area contributed by atoms with Crippen LogP contribution >= 0.6 is 0 Å². The summed E-state index contributed by atoms with van der Waals surface area (Å²) in [7, 11) is -3.49. The first kappa shape index (κ1) is 23.8. The van der Waals surface area contributed by atoms with Crippen LogP contribution in [0.25, 0.3) is 16.9 Å². The van der Waals surface area contributed by atoms with Gasteiger partial charge in [-0.15, -0.1) is 0 Å². The molecule has 0 saturated heterocycles. The number of anilines is 1. The van der Waals surface area contributed by atoms with Crippen LogP contribution in [0.5, 0.6) is 11.5 Å².